The van der Waals surface area contributed by atoms with E-state index < -0.39 is 28.1 Å². The fourth-order valence-electron chi connectivity index (χ4n) is 1.62. The minimum absolute atomic E-state index is 0.195. The Bertz CT molecular complexity index is 705. The highest BCUT2D eigenvalue weighted by Crippen LogP contribution is 2.30. The molecule has 8 heteroatoms. The van der Waals surface area contributed by atoms with E-state index in [1.165, 1.54) is 24.4 Å². The molecule has 108 valence electrons. The Morgan fingerprint density at radius 2 is 2.19 bits per heavy atom. The largest absolute Gasteiger partial charge is 0.480 e. The van der Waals surface area contributed by atoms with Gasteiger partial charge >= 0.3 is 11.7 Å². The number of carboxylic acid groups (broad SMARTS) is 1. The highest BCUT2D eigenvalue weighted by atomic mass is 19.1. The molecule has 7 nitrogen and oxygen atoms in total. The van der Waals surface area contributed by atoms with Crippen LogP contribution in [-0.2, 0) is 6.61 Å². The normalized spacial score (nSPS) is 10.1. The van der Waals surface area contributed by atoms with Crippen molar-refractivity contribution in [3.63, 3.8) is 0 Å². The number of carboxylic acids is 1. The zero-order valence-corrected chi connectivity index (χ0v) is 10.5. The lowest BCUT2D eigenvalue weighted by atomic mass is 10.2. The van der Waals surface area contributed by atoms with Crippen molar-refractivity contribution in [2.45, 2.75) is 6.61 Å². The summed E-state index contributed by atoms with van der Waals surface area (Å²) in [7, 11) is 0. The first-order valence-electron chi connectivity index (χ1n) is 5.73. The zero-order valence-electron chi connectivity index (χ0n) is 10.5. The predicted octanol–water partition coefficient (Wildman–Crippen LogP) is 2.41. The van der Waals surface area contributed by atoms with Crippen LogP contribution in [0, 0.1) is 15.9 Å². The number of nitrogens with zero attached hydrogens (tertiary/aromatic N) is 2. The molecule has 0 radical (unpaired) electrons. The lowest BCUT2D eigenvalue weighted by Gasteiger charge is -2.08. The van der Waals surface area contributed by atoms with Crippen LogP contribution in [0.4, 0.5) is 10.1 Å². The van der Waals surface area contributed by atoms with Crippen molar-refractivity contribution in [1.82, 2.24) is 4.98 Å². The molecular weight excluding hydrogens is 283 g/mol. The van der Waals surface area contributed by atoms with Gasteiger partial charge in [0.05, 0.1) is 4.92 Å². The van der Waals surface area contributed by atoms with Crippen LogP contribution in [0.3, 0.4) is 0 Å². The number of pyridine rings is 1. The van der Waals surface area contributed by atoms with Crippen molar-refractivity contribution >= 4 is 11.7 Å². The maximum Gasteiger partial charge on any atom is 0.354 e. The number of aromatic carboxylic acids is 1. The van der Waals surface area contributed by atoms with Crippen LogP contribution in [0.15, 0.2) is 36.5 Å². The van der Waals surface area contributed by atoms with Gasteiger partial charge in [-0.05, 0) is 23.8 Å². The number of nitro benzene ring substituents is 1. The number of para-hydroxylation sites is 1. The molecule has 0 unspecified atom stereocenters. The molecule has 2 rings (SSSR count). The van der Waals surface area contributed by atoms with Crippen LogP contribution >= 0.6 is 0 Å². The van der Waals surface area contributed by atoms with Gasteiger partial charge in [0.2, 0.25) is 5.75 Å². The highest BCUT2D eigenvalue weighted by molar-refractivity contribution is 5.85. The summed E-state index contributed by atoms with van der Waals surface area (Å²) in [6.07, 6.45) is 1.26. The van der Waals surface area contributed by atoms with E-state index in [1.807, 2.05) is 0 Å². The molecule has 0 aliphatic rings. The zero-order chi connectivity index (χ0) is 15.4. The summed E-state index contributed by atoms with van der Waals surface area (Å²) >= 11 is 0. The molecule has 21 heavy (non-hydrogen) atoms. The van der Waals surface area contributed by atoms with E-state index in [0.29, 0.717) is 5.56 Å². The number of halogens is 1. The number of aromatic nitrogens is 1. The van der Waals surface area contributed by atoms with Crippen molar-refractivity contribution in [2.24, 2.45) is 0 Å². The maximum absolute atomic E-state index is 13.6. The summed E-state index contributed by atoms with van der Waals surface area (Å²) in [4.78, 5) is 24.4. The third-order valence-electron chi connectivity index (χ3n) is 2.57. The van der Waals surface area contributed by atoms with Gasteiger partial charge in [-0.1, -0.05) is 6.07 Å². The molecule has 0 bridgehead atoms. The first-order chi connectivity index (χ1) is 9.99. The molecule has 0 saturated heterocycles. The molecule has 0 aliphatic heterocycles. The number of hydrogen-bond donors (Lipinski definition) is 1. The smallest absolute Gasteiger partial charge is 0.354 e. The van der Waals surface area contributed by atoms with Crippen molar-refractivity contribution in [3.05, 3.63) is 63.7 Å². The summed E-state index contributed by atoms with van der Waals surface area (Å²) in [6.45, 7) is -0.218. The van der Waals surface area contributed by atoms with Crippen molar-refractivity contribution < 1.29 is 24.0 Å². The van der Waals surface area contributed by atoms with Crippen LogP contribution in [0.25, 0.3) is 0 Å². The third-order valence-corrected chi connectivity index (χ3v) is 2.57. The van der Waals surface area contributed by atoms with Gasteiger partial charge in [0, 0.05) is 12.3 Å². The second kappa shape index (κ2) is 5.95. The topological polar surface area (TPSA) is 103 Å². The van der Waals surface area contributed by atoms with E-state index in [9.17, 15) is 19.3 Å². The molecule has 2 aromatic rings. The van der Waals surface area contributed by atoms with Crippen LogP contribution < -0.4 is 4.74 Å². The summed E-state index contributed by atoms with van der Waals surface area (Å²) in [5, 5.41) is 19.6. The lowest BCUT2D eigenvalue weighted by Crippen LogP contribution is -2.04. The molecule has 1 aromatic heterocycles. The predicted molar refractivity (Wildman–Crippen MR) is 68.6 cm³/mol. The highest BCUT2D eigenvalue weighted by Gasteiger charge is 2.19. The second-order valence-corrected chi connectivity index (χ2v) is 3.99. The molecule has 1 aromatic carbocycles. The third kappa shape index (κ3) is 3.30. The number of rotatable bonds is 5. The standard InChI is InChI=1S/C13H9FN2O5/c14-9-2-1-3-11(16(19)20)12(9)21-7-8-4-5-15-10(6-8)13(17)18/h1-6H,7H2,(H,17,18). The van der Waals surface area contributed by atoms with E-state index in [0.717, 1.165) is 12.1 Å². The molecule has 0 atom stereocenters. The molecule has 0 aliphatic carbocycles. The van der Waals surface area contributed by atoms with E-state index in [4.69, 9.17) is 9.84 Å². The number of ether oxygens (including phenoxy) is 1. The Labute approximate surface area is 117 Å². The Balaban J connectivity index is 2.22. The van der Waals surface area contributed by atoms with E-state index >= 15 is 0 Å². The fourth-order valence-corrected chi connectivity index (χ4v) is 1.62. The lowest BCUT2D eigenvalue weighted by molar-refractivity contribution is -0.386. The molecule has 0 fully saturated rings. The van der Waals surface area contributed by atoms with E-state index in [1.54, 1.807) is 0 Å². The number of hydrogen-bond acceptors (Lipinski definition) is 5. The minimum Gasteiger partial charge on any atom is -0.480 e. The minimum atomic E-state index is -1.21. The van der Waals surface area contributed by atoms with Crippen LogP contribution in [0.5, 0.6) is 5.75 Å². The monoisotopic (exact) mass is 292 g/mol. The maximum atomic E-state index is 13.6. The summed E-state index contributed by atoms with van der Waals surface area (Å²) in [5.41, 5.74) is -0.290. The van der Waals surface area contributed by atoms with Gasteiger partial charge in [-0.25, -0.2) is 14.2 Å². The molecule has 0 spiro atoms. The van der Waals surface area contributed by atoms with Gasteiger partial charge < -0.3 is 9.84 Å². The Kier molecular flexibility index (Phi) is 4.07. The average Bonchev–Trinajstić information content (AvgIpc) is 2.46. The van der Waals surface area contributed by atoms with Crippen molar-refractivity contribution in [1.29, 1.82) is 0 Å². The quantitative estimate of drug-likeness (QED) is 0.670. The van der Waals surface area contributed by atoms with Crippen molar-refractivity contribution in [3.8, 4) is 5.75 Å². The molecule has 1 N–H and O–H groups in total. The first-order valence-corrected chi connectivity index (χ1v) is 5.73. The molecule has 0 saturated carbocycles. The average molecular weight is 292 g/mol. The van der Waals surface area contributed by atoms with Crippen LogP contribution in [0.2, 0.25) is 0 Å². The molecule has 1 heterocycles. The first kappa shape index (κ1) is 14.4. The fraction of sp³-hybridized carbons (Fsp3) is 0.0769. The Morgan fingerprint density at radius 3 is 2.86 bits per heavy atom. The Hall–Kier alpha value is -3.03. The van der Waals surface area contributed by atoms with Gasteiger partial charge in [0.1, 0.15) is 12.3 Å². The van der Waals surface area contributed by atoms with E-state index in [2.05, 4.69) is 4.98 Å². The van der Waals surface area contributed by atoms with Gasteiger partial charge in [0.15, 0.2) is 5.82 Å². The SMILES string of the molecule is O=C(O)c1cc(COc2c(F)cccc2[N+](=O)[O-])ccn1. The number of benzene rings is 1. The number of nitro groups is 1. The summed E-state index contributed by atoms with van der Waals surface area (Å²) in [6, 6.07) is 6.08. The summed E-state index contributed by atoms with van der Waals surface area (Å²) < 4.78 is 18.7. The summed E-state index contributed by atoms with van der Waals surface area (Å²) in [5.74, 6) is -2.57. The van der Waals surface area contributed by atoms with Gasteiger partial charge in [0.25, 0.3) is 0 Å². The van der Waals surface area contributed by atoms with E-state index in [-0.39, 0.29) is 12.3 Å². The van der Waals surface area contributed by atoms with Crippen LogP contribution in [0.1, 0.15) is 16.1 Å². The van der Waals surface area contributed by atoms with Gasteiger partial charge in [-0.2, -0.15) is 0 Å². The van der Waals surface area contributed by atoms with Crippen LogP contribution in [-0.4, -0.2) is 21.0 Å². The molecule has 0 amide bonds. The van der Waals surface area contributed by atoms with Crippen molar-refractivity contribution in [2.75, 3.05) is 0 Å². The number of carbonyl (C=O) groups is 1. The van der Waals surface area contributed by atoms with Gasteiger partial charge in [-0.3, -0.25) is 10.1 Å². The second-order valence-electron chi connectivity index (χ2n) is 3.99. The molecular formula is C13H9FN2O5. The Morgan fingerprint density at radius 1 is 1.43 bits per heavy atom. The van der Waals surface area contributed by atoms with Gasteiger partial charge in [-0.15, -0.1) is 0 Å².